The predicted octanol–water partition coefficient (Wildman–Crippen LogP) is 5.39. The number of pyridine rings is 1. The van der Waals surface area contributed by atoms with E-state index in [-0.39, 0.29) is 16.8 Å². The summed E-state index contributed by atoms with van der Waals surface area (Å²) in [5.74, 6) is -0.486. The monoisotopic (exact) mass is 397 g/mol. The maximum Gasteiger partial charge on any atom is 0.160 e. The molecule has 0 aliphatic carbocycles. The Hall–Kier alpha value is -2.89. The van der Waals surface area contributed by atoms with E-state index in [4.69, 9.17) is 4.74 Å². The standard InChI is InChI=1S/C23H25F2N3O/c1-7-29-14(3)17-11-27-18(8-13(17)2)21-20(25)16-9-15(24)10-26-22(16)28(21)12-19(27)23(4,5)6/h8-11,19H,2-3,7,12H2,1,4-6H3. The lowest BCUT2D eigenvalue weighted by Gasteiger charge is -2.46. The number of aromatic nitrogens is 2. The van der Waals surface area contributed by atoms with Crippen molar-refractivity contribution >= 4 is 16.7 Å². The van der Waals surface area contributed by atoms with Gasteiger partial charge < -0.3 is 14.2 Å². The summed E-state index contributed by atoms with van der Waals surface area (Å²) in [6, 6.07) is 1.22. The van der Waals surface area contributed by atoms with Gasteiger partial charge in [-0.05, 0) is 30.1 Å². The molecule has 0 spiro atoms. The third kappa shape index (κ3) is 2.98. The molecular formula is C23H25F2N3O. The van der Waals surface area contributed by atoms with Gasteiger partial charge in [0.1, 0.15) is 22.9 Å². The van der Waals surface area contributed by atoms with Crippen LogP contribution in [0.5, 0.6) is 0 Å². The summed E-state index contributed by atoms with van der Waals surface area (Å²) in [6.45, 7) is 17.5. The molecule has 0 N–H and O–H groups in total. The van der Waals surface area contributed by atoms with Gasteiger partial charge in [-0.1, -0.05) is 33.9 Å². The van der Waals surface area contributed by atoms with Crippen LogP contribution in [0, 0.1) is 17.0 Å². The lowest BCUT2D eigenvalue weighted by Crippen LogP contribution is -2.47. The Balaban J connectivity index is 1.95. The van der Waals surface area contributed by atoms with E-state index >= 15 is 4.39 Å². The van der Waals surface area contributed by atoms with Crippen molar-refractivity contribution in [2.24, 2.45) is 5.41 Å². The largest absolute Gasteiger partial charge is 0.494 e. The summed E-state index contributed by atoms with van der Waals surface area (Å²) < 4.78 is 36.6. The molecule has 0 radical (unpaired) electrons. The summed E-state index contributed by atoms with van der Waals surface area (Å²) in [7, 11) is 0. The summed E-state index contributed by atoms with van der Waals surface area (Å²) in [4.78, 5) is 6.26. The Morgan fingerprint density at radius 1 is 1.34 bits per heavy atom. The fourth-order valence-electron chi connectivity index (χ4n) is 4.10. The summed E-state index contributed by atoms with van der Waals surface area (Å²) in [6.07, 6.45) is 4.92. The molecule has 1 unspecified atom stereocenters. The van der Waals surface area contributed by atoms with Gasteiger partial charge in [0.05, 0.1) is 29.9 Å². The van der Waals surface area contributed by atoms with Gasteiger partial charge in [-0.2, -0.15) is 0 Å². The molecule has 1 atom stereocenters. The Morgan fingerprint density at radius 3 is 2.72 bits per heavy atom. The molecule has 4 nitrogen and oxygen atoms in total. The molecule has 2 aromatic heterocycles. The van der Waals surface area contributed by atoms with Gasteiger partial charge in [0, 0.05) is 18.3 Å². The number of fused-ring (bicyclic) bond motifs is 5. The molecule has 152 valence electrons. The first-order chi connectivity index (χ1) is 13.6. The minimum Gasteiger partial charge on any atom is -0.494 e. The molecule has 0 amide bonds. The van der Waals surface area contributed by atoms with E-state index in [2.05, 4.69) is 43.8 Å². The normalized spacial score (nSPS) is 18.9. The van der Waals surface area contributed by atoms with Gasteiger partial charge in [-0.3, -0.25) is 0 Å². The topological polar surface area (TPSA) is 30.3 Å². The van der Waals surface area contributed by atoms with E-state index in [0.717, 1.165) is 11.8 Å². The first-order valence-corrected chi connectivity index (χ1v) is 9.70. The van der Waals surface area contributed by atoms with Gasteiger partial charge in [-0.15, -0.1) is 0 Å². The van der Waals surface area contributed by atoms with E-state index in [0.29, 0.717) is 41.5 Å². The van der Waals surface area contributed by atoms with E-state index in [1.807, 2.05) is 23.8 Å². The SMILES string of the molecule is C=C1C=C2c3c(F)c4cc(F)cnc4n3CC(C(C)(C)C)N2C=C1C(=C)OCC. The van der Waals surface area contributed by atoms with Gasteiger partial charge in [-0.25, -0.2) is 13.8 Å². The number of hydrogen-bond donors (Lipinski definition) is 0. The highest BCUT2D eigenvalue weighted by Crippen LogP contribution is 2.44. The smallest absolute Gasteiger partial charge is 0.160 e. The molecule has 29 heavy (non-hydrogen) atoms. The van der Waals surface area contributed by atoms with Crippen LogP contribution in [0.25, 0.3) is 16.7 Å². The van der Waals surface area contributed by atoms with Crippen molar-refractivity contribution in [1.29, 1.82) is 0 Å². The van der Waals surface area contributed by atoms with Gasteiger partial charge >= 0.3 is 0 Å². The molecule has 0 fully saturated rings. The molecule has 4 heterocycles. The van der Waals surface area contributed by atoms with Gasteiger partial charge in [0.25, 0.3) is 0 Å². The first kappa shape index (κ1) is 19.4. The number of halogens is 2. The van der Waals surface area contributed by atoms with E-state index < -0.39 is 11.6 Å². The summed E-state index contributed by atoms with van der Waals surface area (Å²) >= 11 is 0. The Labute approximate surface area is 169 Å². The number of allylic oxidation sites excluding steroid dienone is 2. The predicted molar refractivity (Wildman–Crippen MR) is 111 cm³/mol. The zero-order valence-corrected chi connectivity index (χ0v) is 17.2. The van der Waals surface area contributed by atoms with Crippen molar-refractivity contribution in [3.05, 3.63) is 71.9 Å². The van der Waals surface area contributed by atoms with Crippen molar-refractivity contribution < 1.29 is 13.5 Å². The zero-order chi connectivity index (χ0) is 21.1. The maximum atomic E-state index is 15.4. The molecule has 2 aliphatic rings. The van der Waals surface area contributed by atoms with Crippen molar-refractivity contribution in [2.75, 3.05) is 6.61 Å². The Kier molecular flexibility index (Phi) is 4.41. The van der Waals surface area contributed by atoms with Gasteiger partial charge in [0.2, 0.25) is 0 Å². The summed E-state index contributed by atoms with van der Waals surface area (Å²) in [5.41, 5.74) is 2.89. The second-order valence-corrected chi connectivity index (χ2v) is 8.54. The minimum atomic E-state index is -0.555. The highest BCUT2D eigenvalue weighted by molar-refractivity contribution is 5.86. The van der Waals surface area contributed by atoms with Crippen LogP contribution in [0.4, 0.5) is 8.78 Å². The third-order valence-electron chi connectivity index (χ3n) is 5.56. The zero-order valence-electron chi connectivity index (χ0n) is 17.2. The second kappa shape index (κ2) is 6.58. The van der Waals surface area contributed by atoms with Crippen LogP contribution >= 0.6 is 0 Å². The van der Waals surface area contributed by atoms with E-state index in [1.54, 1.807) is 0 Å². The van der Waals surface area contributed by atoms with E-state index in [9.17, 15) is 4.39 Å². The van der Waals surface area contributed by atoms with Crippen LogP contribution in [0.3, 0.4) is 0 Å². The van der Waals surface area contributed by atoms with Crippen molar-refractivity contribution in [1.82, 2.24) is 14.5 Å². The van der Waals surface area contributed by atoms with Crippen molar-refractivity contribution in [3.8, 4) is 0 Å². The lowest BCUT2D eigenvalue weighted by atomic mass is 9.83. The third-order valence-corrected chi connectivity index (χ3v) is 5.56. The summed E-state index contributed by atoms with van der Waals surface area (Å²) in [5, 5.41) is 0.189. The highest BCUT2D eigenvalue weighted by atomic mass is 19.1. The molecule has 2 aliphatic heterocycles. The van der Waals surface area contributed by atoms with Gasteiger partial charge in [0.15, 0.2) is 5.82 Å². The van der Waals surface area contributed by atoms with Crippen LogP contribution in [-0.2, 0) is 11.3 Å². The molecule has 2 aromatic rings. The molecule has 0 aromatic carbocycles. The molecule has 4 rings (SSSR count). The Morgan fingerprint density at radius 2 is 2.07 bits per heavy atom. The van der Waals surface area contributed by atoms with Crippen LogP contribution in [0.2, 0.25) is 0 Å². The molecule has 0 saturated heterocycles. The van der Waals surface area contributed by atoms with Crippen LogP contribution < -0.4 is 0 Å². The van der Waals surface area contributed by atoms with Crippen LogP contribution in [-0.4, -0.2) is 27.1 Å². The molecular weight excluding hydrogens is 372 g/mol. The van der Waals surface area contributed by atoms with Crippen molar-refractivity contribution in [2.45, 2.75) is 40.3 Å². The van der Waals surface area contributed by atoms with Crippen LogP contribution in [0.1, 0.15) is 33.4 Å². The fraction of sp³-hybridized carbons (Fsp3) is 0.348. The number of hydrogen-bond acceptors (Lipinski definition) is 3. The average molecular weight is 397 g/mol. The number of ether oxygens (including phenoxy) is 1. The quantitative estimate of drug-likeness (QED) is 0.651. The highest BCUT2D eigenvalue weighted by Gasteiger charge is 2.41. The Bertz CT molecular complexity index is 1100. The lowest BCUT2D eigenvalue weighted by molar-refractivity contribution is 0.161. The first-order valence-electron chi connectivity index (χ1n) is 9.70. The molecule has 0 saturated carbocycles. The average Bonchev–Trinajstić information content (AvgIpc) is 2.92. The van der Waals surface area contributed by atoms with E-state index in [1.165, 1.54) is 6.07 Å². The number of rotatable bonds is 3. The minimum absolute atomic E-state index is 0.0145. The molecule has 6 heteroatoms. The van der Waals surface area contributed by atoms with Crippen LogP contribution in [0.15, 0.2) is 54.6 Å². The maximum absolute atomic E-state index is 15.4. The fourth-order valence-corrected chi connectivity index (χ4v) is 4.10. The van der Waals surface area contributed by atoms with Crippen molar-refractivity contribution in [3.63, 3.8) is 0 Å². The number of nitrogens with zero attached hydrogens (tertiary/aromatic N) is 3. The molecule has 0 bridgehead atoms. The second-order valence-electron chi connectivity index (χ2n) is 8.54.